The topological polar surface area (TPSA) is 75.6 Å². The fourth-order valence-corrected chi connectivity index (χ4v) is 2.64. The normalized spacial score (nSPS) is 11.7. The first-order chi connectivity index (χ1) is 8.51. The minimum atomic E-state index is -3.58. The van der Waals surface area contributed by atoms with Crippen molar-refractivity contribution in [1.29, 1.82) is 0 Å². The molecule has 0 unspecified atom stereocenters. The molecule has 7 heteroatoms. The SMILES string of the molecule is CCOCCNS(=O)(=O)c1ccc(CO)c(Cl)c1. The summed E-state index contributed by atoms with van der Waals surface area (Å²) in [5.41, 5.74) is 0.491. The third kappa shape index (κ3) is 4.22. The van der Waals surface area contributed by atoms with E-state index in [2.05, 4.69) is 4.72 Å². The van der Waals surface area contributed by atoms with Crippen LogP contribution < -0.4 is 4.72 Å². The van der Waals surface area contributed by atoms with Gasteiger partial charge in [0, 0.05) is 18.2 Å². The van der Waals surface area contributed by atoms with Crippen molar-refractivity contribution in [1.82, 2.24) is 4.72 Å². The van der Waals surface area contributed by atoms with E-state index in [0.717, 1.165) is 0 Å². The third-order valence-electron chi connectivity index (χ3n) is 2.25. The van der Waals surface area contributed by atoms with Crippen LogP contribution in [0, 0.1) is 0 Å². The van der Waals surface area contributed by atoms with Gasteiger partial charge in [0.15, 0.2) is 0 Å². The highest BCUT2D eigenvalue weighted by molar-refractivity contribution is 7.89. The van der Waals surface area contributed by atoms with Crippen LogP contribution in [0.1, 0.15) is 12.5 Å². The van der Waals surface area contributed by atoms with E-state index in [0.29, 0.717) is 18.8 Å². The molecular formula is C11H16ClNO4S. The average Bonchev–Trinajstić information content (AvgIpc) is 2.34. The molecular weight excluding hydrogens is 278 g/mol. The molecule has 0 aromatic heterocycles. The van der Waals surface area contributed by atoms with Crippen molar-refractivity contribution in [2.24, 2.45) is 0 Å². The summed E-state index contributed by atoms with van der Waals surface area (Å²) < 4.78 is 31.2. The molecule has 102 valence electrons. The Hall–Kier alpha value is -0.660. The molecule has 0 radical (unpaired) electrons. The lowest BCUT2D eigenvalue weighted by Gasteiger charge is -2.08. The Morgan fingerprint density at radius 1 is 1.44 bits per heavy atom. The minimum Gasteiger partial charge on any atom is -0.392 e. The molecule has 0 fully saturated rings. The number of halogens is 1. The molecule has 0 aliphatic carbocycles. The molecule has 0 atom stereocenters. The van der Waals surface area contributed by atoms with E-state index in [9.17, 15) is 8.42 Å². The van der Waals surface area contributed by atoms with Crippen LogP contribution in [-0.4, -0.2) is 33.3 Å². The first-order valence-electron chi connectivity index (χ1n) is 5.48. The smallest absolute Gasteiger partial charge is 0.240 e. The molecule has 0 saturated carbocycles. The van der Waals surface area contributed by atoms with Crippen molar-refractivity contribution in [2.75, 3.05) is 19.8 Å². The molecule has 0 heterocycles. The van der Waals surface area contributed by atoms with Crippen LogP contribution in [0.4, 0.5) is 0 Å². The van der Waals surface area contributed by atoms with Crippen LogP contribution in [0.15, 0.2) is 23.1 Å². The average molecular weight is 294 g/mol. The molecule has 0 aliphatic rings. The van der Waals surface area contributed by atoms with E-state index in [1.807, 2.05) is 6.92 Å². The number of benzene rings is 1. The van der Waals surface area contributed by atoms with Gasteiger partial charge < -0.3 is 9.84 Å². The van der Waals surface area contributed by atoms with Crippen LogP contribution in [0.5, 0.6) is 0 Å². The molecule has 1 rings (SSSR count). The summed E-state index contributed by atoms with van der Waals surface area (Å²) in [4.78, 5) is 0.0706. The fraction of sp³-hybridized carbons (Fsp3) is 0.455. The first-order valence-corrected chi connectivity index (χ1v) is 7.34. The molecule has 2 N–H and O–H groups in total. The first kappa shape index (κ1) is 15.4. The van der Waals surface area contributed by atoms with Crippen molar-refractivity contribution in [3.8, 4) is 0 Å². The Balaban J connectivity index is 2.76. The molecule has 0 saturated heterocycles. The quantitative estimate of drug-likeness (QED) is 0.740. The van der Waals surface area contributed by atoms with E-state index >= 15 is 0 Å². The van der Waals surface area contributed by atoms with Crippen LogP contribution in [0.3, 0.4) is 0 Å². The van der Waals surface area contributed by atoms with Crippen molar-refractivity contribution in [3.63, 3.8) is 0 Å². The third-order valence-corrected chi connectivity index (χ3v) is 4.06. The summed E-state index contributed by atoms with van der Waals surface area (Å²) >= 11 is 5.84. The van der Waals surface area contributed by atoms with Crippen molar-refractivity contribution < 1.29 is 18.3 Å². The number of hydrogen-bond donors (Lipinski definition) is 2. The number of ether oxygens (including phenoxy) is 1. The van der Waals surface area contributed by atoms with Crippen molar-refractivity contribution in [3.05, 3.63) is 28.8 Å². The molecule has 1 aromatic rings. The second-order valence-corrected chi connectivity index (χ2v) is 5.68. The minimum absolute atomic E-state index is 0.0706. The van der Waals surface area contributed by atoms with Gasteiger partial charge in [-0.3, -0.25) is 0 Å². The van der Waals surface area contributed by atoms with Crippen molar-refractivity contribution in [2.45, 2.75) is 18.4 Å². The maximum Gasteiger partial charge on any atom is 0.240 e. The van der Waals surface area contributed by atoms with Gasteiger partial charge in [-0.1, -0.05) is 17.7 Å². The Morgan fingerprint density at radius 3 is 2.72 bits per heavy atom. The largest absolute Gasteiger partial charge is 0.392 e. The number of aliphatic hydroxyl groups excluding tert-OH is 1. The summed E-state index contributed by atoms with van der Waals surface area (Å²) in [5, 5.41) is 9.17. The molecule has 18 heavy (non-hydrogen) atoms. The summed E-state index contributed by atoms with van der Waals surface area (Å²) in [5.74, 6) is 0. The molecule has 0 spiro atoms. The van der Waals surface area contributed by atoms with E-state index < -0.39 is 10.0 Å². The molecule has 0 bridgehead atoms. The molecule has 0 amide bonds. The lowest BCUT2D eigenvalue weighted by molar-refractivity contribution is 0.153. The van der Waals surface area contributed by atoms with Crippen LogP contribution in [-0.2, 0) is 21.4 Å². The van der Waals surface area contributed by atoms with Gasteiger partial charge in [0.05, 0.1) is 18.1 Å². The highest BCUT2D eigenvalue weighted by Crippen LogP contribution is 2.20. The van der Waals surface area contributed by atoms with E-state index in [4.69, 9.17) is 21.4 Å². The van der Waals surface area contributed by atoms with Gasteiger partial charge >= 0.3 is 0 Å². The van der Waals surface area contributed by atoms with Crippen LogP contribution in [0.2, 0.25) is 5.02 Å². The number of aliphatic hydroxyl groups is 1. The van der Waals surface area contributed by atoms with Gasteiger partial charge in [-0.05, 0) is 24.6 Å². The molecule has 0 aliphatic heterocycles. The lowest BCUT2D eigenvalue weighted by atomic mass is 10.2. The summed E-state index contributed by atoms with van der Waals surface area (Å²) in [7, 11) is -3.58. The van der Waals surface area contributed by atoms with Crippen LogP contribution >= 0.6 is 11.6 Å². The Kier molecular flexibility index (Phi) is 6.04. The number of sulfonamides is 1. The Morgan fingerprint density at radius 2 is 2.17 bits per heavy atom. The number of hydrogen-bond acceptors (Lipinski definition) is 4. The van der Waals surface area contributed by atoms with Gasteiger partial charge in [-0.2, -0.15) is 0 Å². The zero-order valence-corrected chi connectivity index (χ0v) is 11.6. The lowest BCUT2D eigenvalue weighted by Crippen LogP contribution is -2.27. The zero-order chi connectivity index (χ0) is 13.6. The van der Waals surface area contributed by atoms with Crippen LogP contribution in [0.25, 0.3) is 0 Å². The highest BCUT2D eigenvalue weighted by Gasteiger charge is 2.14. The maximum absolute atomic E-state index is 11.9. The number of rotatable bonds is 7. The summed E-state index contributed by atoms with van der Waals surface area (Å²) in [6, 6.07) is 4.20. The highest BCUT2D eigenvalue weighted by atomic mass is 35.5. The van der Waals surface area contributed by atoms with E-state index in [1.165, 1.54) is 18.2 Å². The van der Waals surface area contributed by atoms with Gasteiger partial charge in [0.25, 0.3) is 0 Å². The predicted molar refractivity (Wildman–Crippen MR) is 69.1 cm³/mol. The van der Waals surface area contributed by atoms with E-state index in [-0.39, 0.29) is 23.1 Å². The number of nitrogens with one attached hydrogen (secondary N) is 1. The fourth-order valence-electron chi connectivity index (χ4n) is 1.30. The molecule has 5 nitrogen and oxygen atoms in total. The van der Waals surface area contributed by atoms with Gasteiger partial charge in [0.2, 0.25) is 10.0 Å². The Labute approximate surface area is 112 Å². The predicted octanol–water partition coefficient (Wildman–Crippen LogP) is 1.15. The van der Waals surface area contributed by atoms with Crippen molar-refractivity contribution >= 4 is 21.6 Å². The Bertz CT molecular complexity index is 490. The zero-order valence-electron chi connectivity index (χ0n) is 10.0. The monoisotopic (exact) mass is 293 g/mol. The second kappa shape index (κ2) is 7.06. The molecule has 1 aromatic carbocycles. The summed E-state index contributed by atoms with van der Waals surface area (Å²) in [6.07, 6.45) is 0. The van der Waals surface area contributed by atoms with Gasteiger partial charge in [-0.15, -0.1) is 0 Å². The summed E-state index contributed by atoms with van der Waals surface area (Å²) in [6.45, 7) is 2.67. The van der Waals surface area contributed by atoms with Gasteiger partial charge in [0.1, 0.15) is 0 Å². The maximum atomic E-state index is 11.9. The standard InChI is InChI=1S/C11H16ClNO4S/c1-2-17-6-5-13-18(15,16)10-4-3-9(8-14)11(12)7-10/h3-4,7,13-14H,2,5-6,8H2,1H3. The van der Waals surface area contributed by atoms with E-state index in [1.54, 1.807) is 0 Å². The second-order valence-electron chi connectivity index (χ2n) is 3.51. The van der Waals surface area contributed by atoms with Gasteiger partial charge in [-0.25, -0.2) is 13.1 Å².